The predicted octanol–water partition coefficient (Wildman–Crippen LogP) is 1.53. The summed E-state index contributed by atoms with van der Waals surface area (Å²) in [4.78, 5) is 0. The standard InChI is InChI=1S/C10H11NO3S/c1-7-8-4-2-3-5-9(8)14-10(7)6-15(11,12)13/h2-5H,6H2,1H3,(H2,11,12,13). The molecule has 1 aromatic heterocycles. The number of hydrogen-bond acceptors (Lipinski definition) is 3. The van der Waals surface area contributed by atoms with Gasteiger partial charge in [-0.15, -0.1) is 0 Å². The number of sulfonamides is 1. The van der Waals surface area contributed by atoms with Crippen molar-refractivity contribution in [2.45, 2.75) is 12.7 Å². The van der Waals surface area contributed by atoms with Crippen LogP contribution in [0.1, 0.15) is 11.3 Å². The van der Waals surface area contributed by atoms with Gasteiger partial charge in [-0.3, -0.25) is 0 Å². The normalized spacial score (nSPS) is 12.1. The minimum absolute atomic E-state index is 0.256. The first-order valence-corrected chi connectivity index (χ1v) is 6.16. The van der Waals surface area contributed by atoms with Crippen molar-refractivity contribution in [3.63, 3.8) is 0 Å². The van der Waals surface area contributed by atoms with Crippen LogP contribution < -0.4 is 5.14 Å². The topological polar surface area (TPSA) is 73.3 Å². The SMILES string of the molecule is Cc1c(CS(N)(=O)=O)oc2ccccc12. The number of furan rings is 1. The molecular formula is C10H11NO3S. The summed E-state index contributed by atoms with van der Waals surface area (Å²) in [6.45, 7) is 1.83. The third-order valence-corrected chi connectivity index (χ3v) is 2.94. The Balaban J connectivity index is 2.58. The Bertz CT molecular complexity index is 598. The van der Waals surface area contributed by atoms with Crippen molar-refractivity contribution in [1.82, 2.24) is 0 Å². The van der Waals surface area contributed by atoms with E-state index in [-0.39, 0.29) is 5.75 Å². The molecule has 0 spiro atoms. The maximum atomic E-state index is 10.9. The lowest BCUT2D eigenvalue weighted by molar-refractivity contribution is 0.552. The Kier molecular flexibility index (Phi) is 2.28. The number of hydrogen-bond donors (Lipinski definition) is 1. The number of primary sulfonamides is 1. The number of nitrogens with two attached hydrogens (primary N) is 1. The number of para-hydroxylation sites is 1. The Labute approximate surface area is 87.7 Å². The lowest BCUT2D eigenvalue weighted by Gasteiger charge is -1.94. The second-order valence-corrected chi connectivity index (χ2v) is 5.07. The predicted molar refractivity (Wildman–Crippen MR) is 57.8 cm³/mol. The first-order valence-electron chi connectivity index (χ1n) is 4.45. The van der Waals surface area contributed by atoms with Gasteiger partial charge in [-0.05, 0) is 18.6 Å². The Morgan fingerprint density at radius 1 is 1.33 bits per heavy atom. The van der Waals surface area contributed by atoms with E-state index >= 15 is 0 Å². The fraction of sp³-hybridized carbons (Fsp3) is 0.200. The Morgan fingerprint density at radius 3 is 2.60 bits per heavy atom. The molecule has 0 aliphatic rings. The number of rotatable bonds is 2. The fourth-order valence-corrected chi connectivity index (χ4v) is 2.19. The molecule has 2 rings (SSSR count). The van der Waals surface area contributed by atoms with E-state index in [0.717, 1.165) is 10.9 Å². The van der Waals surface area contributed by atoms with Crippen LogP contribution in [-0.4, -0.2) is 8.42 Å². The van der Waals surface area contributed by atoms with Gasteiger partial charge in [-0.25, -0.2) is 13.6 Å². The summed E-state index contributed by atoms with van der Waals surface area (Å²) in [5, 5.41) is 5.90. The Hall–Kier alpha value is -1.33. The second-order valence-electron chi connectivity index (χ2n) is 3.45. The minimum Gasteiger partial charge on any atom is -0.460 e. The highest BCUT2D eigenvalue weighted by Gasteiger charge is 2.14. The molecule has 0 aliphatic carbocycles. The van der Waals surface area contributed by atoms with Crippen molar-refractivity contribution in [2.24, 2.45) is 5.14 Å². The highest BCUT2D eigenvalue weighted by atomic mass is 32.2. The van der Waals surface area contributed by atoms with Gasteiger partial charge in [0, 0.05) is 5.39 Å². The van der Waals surface area contributed by atoms with Crippen molar-refractivity contribution in [3.8, 4) is 0 Å². The molecule has 0 saturated heterocycles. The van der Waals surface area contributed by atoms with Crippen LogP contribution in [0.3, 0.4) is 0 Å². The van der Waals surface area contributed by atoms with E-state index in [9.17, 15) is 8.42 Å². The first-order chi connectivity index (χ1) is 6.97. The molecule has 1 aromatic carbocycles. The minimum atomic E-state index is -3.54. The molecule has 0 unspecified atom stereocenters. The summed E-state index contributed by atoms with van der Waals surface area (Å²) in [6, 6.07) is 7.41. The molecule has 0 atom stereocenters. The average Bonchev–Trinajstić information content (AvgIpc) is 2.42. The van der Waals surface area contributed by atoms with Crippen molar-refractivity contribution in [1.29, 1.82) is 0 Å². The van der Waals surface area contributed by atoms with Crippen LogP contribution >= 0.6 is 0 Å². The molecule has 2 N–H and O–H groups in total. The molecule has 80 valence electrons. The van der Waals surface area contributed by atoms with Crippen LogP contribution in [0.25, 0.3) is 11.0 Å². The van der Waals surface area contributed by atoms with Crippen molar-refractivity contribution in [2.75, 3.05) is 0 Å². The van der Waals surface area contributed by atoms with E-state index in [0.29, 0.717) is 11.3 Å². The zero-order valence-electron chi connectivity index (χ0n) is 8.23. The molecule has 0 amide bonds. The maximum absolute atomic E-state index is 10.9. The van der Waals surface area contributed by atoms with Gasteiger partial charge in [0.25, 0.3) is 0 Å². The van der Waals surface area contributed by atoms with Crippen LogP contribution in [0.5, 0.6) is 0 Å². The maximum Gasteiger partial charge on any atom is 0.216 e. The molecule has 0 saturated carbocycles. The second kappa shape index (κ2) is 3.36. The number of benzene rings is 1. The number of aryl methyl sites for hydroxylation is 1. The highest BCUT2D eigenvalue weighted by molar-refractivity contribution is 7.88. The van der Waals surface area contributed by atoms with E-state index in [2.05, 4.69) is 0 Å². The van der Waals surface area contributed by atoms with Crippen molar-refractivity contribution in [3.05, 3.63) is 35.6 Å². The largest absolute Gasteiger partial charge is 0.460 e. The van der Waals surface area contributed by atoms with E-state index in [1.807, 2.05) is 25.1 Å². The quantitative estimate of drug-likeness (QED) is 0.842. The van der Waals surface area contributed by atoms with Gasteiger partial charge in [0.05, 0.1) is 0 Å². The van der Waals surface area contributed by atoms with Crippen LogP contribution in [0.4, 0.5) is 0 Å². The van der Waals surface area contributed by atoms with Gasteiger partial charge in [0.15, 0.2) is 0 Å². The monoisotopic (exact) mass is 225 g/mol. The summed E-state index contributed by atoms with van der Waals surface area (Å²) >= 11 is 0. The van der Waals surface area contributed by atoms with Gasteiger partial charge in [-0.2, -0.15) is 0 Å². The molecule has 1 heterocycles. The highest BCUT2D eigenvalue weighted by Crippen LogP contribution is 2.25. The third kappa shape index (κ3) is 2.03. The average molecular weight is 225 g/mol. The summed E-state index contributed by atoms with van der Waals surface area (Å²) in [5.74, 6) is 0.159. The van der Waals surface area contributed by atoms with E-state index in [4.69, 9.17) is 9.56 Å². The summed E-state index contributed by atoms with van der Waals surface area (Å²) in [5.41, 5.74) is 1.52. The molecular weight excluding hydrogens is 214 g/mol. The van der Waals surface area contributed by atoms with Crippen molar-refractivity contribution >= 4 is 21.0 Å². The Morgan fingerprint density at radius 2 is 2.00 bits per heavy atom. The summed E-state index contributed by atoms with van der Waals surface area (Å²) in [7, 11) is -3.54. The van der Waals surface area contributed by atoms with Gasteiger partial charge in [0.2, 0.25) is 10.0 Å². The summed E-state index contributed by atoms with van der Waals surface area (Å²) < 4.78 is 27.3. The van der Waals surface area contributed by atoms with Gasteiger partial charge in [0.1, 0.15) is 17.1 Å². The third-order valence-electron chi connectivity index (χ3n) is 2.27. The van der Waals surface area contributed by atoms with Gasteiger partial charge >= 0.3 is 0 Å². The van der Waals surface area contributed by atoms with Gasteiger partial charge < -0.3 is 4.42 Å². The lowest BCUT2D eigenvalue weighted by atomic mass is 10.2. The lowest BCUT2D eigenvalue weighted by Crippen LogP contribution is -2.14. The molecule has 5 heteroatoms. The van der Waals surface area contributed by atoms with Crippen LogP contribution in [0, 0.1) is 6.92 Å². The molecule has 4 nitrogen and oxygen atoms in total. The van der Waals surface area contributed by atoms with E-state index in [1.54, 1.807) is 6.07 Å². The van der Waals surface area contributed by atoms with Crippen LogP contribution in [0.2, 0.25) is 0 Å². The smallest absolute Gasteiger partial charge is 0.216 e. The zero-order valence-corrected chi connectivity index (χ0v) is 9.04. The van der Waals surface area contributed by atoms with Crippen molar-refractivity contribution < 1.29 is 12.8 Å². The summed E-state index contributed by atoms with van der Waals surface area (Å²) in [6.07, 6.45) is 0. The molecule has 0 radical (unpaired) electrons. The molecule has 0 fully saturated rings. The van der Waals surface area contributed by atoms with E-state index < -0.39 is 10.0 Å². The molecule has 15 heavy (non-hydrogen) atoms. The van der Waals surface area contributed by atoms with Gasteiger partial charge in [-0.1, -0.05) is 18.2 Å². The zero-order chi connectivity index (χ0) is 11.1. The molecule has 2 aromatic rings. The fourth-order valence-electron chi connectivity index (χ4n) is 1.55. The molecule has 0 bridgehead atoms. The van der Waals surface area contributed by atoms with Crippen LogP contribution in [-0.2, 0) is 15.8 Å². The molecule has 0 aliphatic heterocycles. The van der Waals surface area contributed by atoms with E-state index in [1.165, 1.54) is 0 Å². The number of fused-ring (bicyclic) bond motifs is 1. The first kappa shape index (κ1) is 10.2. The van der Waals surface area contributed by atoms with Crippen LogP contribution in [0.15, 0.2) is 28.7 Å².